The molecule has 0 aromatic heterocycles. The van der Waals surface area contributed by atoms with Crippen LogP contribution in [0.25, 0.3) is 5.57 Å². The van der Waals surface area contributed by atoms with Crippen molar-refractivity contribution in [3.63, 3.8) is 0 Å². The fourth-order valence-corrected chi connectivity index (χ4v) is 1.21. The van der Waals surface area contributed by atoms with E-state index in [0.717, 1.165) is 6.08 Å². The van der Waals surface area contributed by atoms with Crippen molar-refractivity contribution in [1.82, 2.24) is 0 Å². The number of carbonyl (C=O) groups excluding carboxylic acids is 1. The Morgan fingerprint density at radius 1 is 1.43 bits per heavy atom. The Balaban J connectivity index is 3.18. The summed E-state index contributed by atoms with van der Waals surface area (Å²) in [5.41, 5.74) is 0.347. The first-order valence-electron chi connectivity index (χ1n) is 3.80. The van der Waals surface area contributed by atoms with Gasteiger partial charge in [0.1, 0.15) is 6.29 Å². The van der Waals surface area contributed by atoms with Gasteiger partial charge in [0.25, 0.3) is 0 Å². The summed E-state index contributed by atoms with van der Waals surface area (Å²) in [6, 6.07) is 6.32. The van der Waals surface area contributed by atoms with Crippen LogP contribution in [0.5, 0.6) is 0 Å². The summed E-state index contributed by atoms with van der Waals surface area (Å²) in [5, 5.41) is 9.21. The number of aldehydes is 1. The molecular weight excluding hydrogens is 204 g/mol. The van der Waals surface area contributed by atoms with E-state index in [1.807, 2.05) is 0 Å². The van der Waals surface area contributed by atoms with Gasteiger partial charge in [0.05, 0.1) is 5.57 Å². The summed E-state index contributed by atoms with van der Waals surface area (Å²) in [5.74, 6) is -1.15. The first-order valence-corrected chi connectivity index (χ1v) is 4.17. The summed E-state index contributed by atoms with van der Waals surface area (Å²) in [6.45, 7) is 0. The lowest BCUT2D eigenvalue weighted by atomic mass is 10.1. The Labute approximate surface area is 85.6 Å². The number of carboxylic acid groups (broad SMARTS) is 1. The van der Waals surface area contributed by atoms with Crippen LogP contribution in [-0.2, 0) is 9.59 Å². The van der Waals surface area contributed by atoms with E-state index in [-0.39, 0.29) is 5.57 Å². The highest BCUT2D eigenvalue weighted by atomic mass is 35.5. The minimum Gasteiger partial charge on any atom is -0.478 e. The molecular formula is C10H7ClO3. The third-order valence-electron chi connectivity index (χ3n) is 1.60. The van der Waals surface area contributed by atoms with Crippen LogP contribution in [0.2, 0.25) is 5.02 Å². The Kier molecular flexibility index (Phi) is 3.42. The number of hydrogen-bond donors (Lipinski definition) is 1. The molecule has 0 radical (unpaired) electrons. The van der Waals surface area contributed by atoms with Gasteiger partial charge in [-0.1, -0.05) is 23.7 Å². The van der Waals surface area contributed by atoms with Gasteiger partial charge in [-0.25, -0.2) is 4.79 Å². The number of rotatable bonds is 3. The molecule has 0 saturated heterocycles. The van der Waals surface area contributed by atoms with Gasteiger partial charge in [0.15, 0.2) is 0 Å². The highest BCUT2D eigenvalue weighted by Gasteiger charge is 2.09. The largest absolute Gasteiger partial charge is 0.478 e. The van der Waals surface area contributed by atoms with Gasteiger partial charge >= 0.3 is 5.97 Å². The lowest BCUT2D eigenvalue weighted by Gasteiger charge is -2.00. The van der Waals surface area contributed by atoms with Crippen LogP contribution in [0.15, 0.2) is 30.3 Å². The van der Waals surface area contributed by atoms with E-state index in [4.69, 9.17) is 16.7 Å². The maximum absolute atomic E-state index is 10.7. The number of hydrogen-bond acceptors (Lipinski definition) is 2. The second-order valence-corrected chi connectivity index (χ2v) is 2.97. The number of carboxylic acids is 1. The van der Waals surface area contributed by atoms with Gasteiger partial charge in [-0.15, -0.1) is 0 Å². The van der Waals surface area contributed by atoms with E-state index in [0.29, 0.717) is 16.9 Å². The van der Waals surface area contributed by atoms with E-state index in [9.17, 15) is 9.59 Å². The summed E-state index contributed by atoms with van der Waals surface area (Å²) >= 11 is 5.69. The van der Waals surface area contributed by atoms with Crippen molar-refractivity contribution >= 4 is 29.4 Å². The van der Waals surface area contributed by atoms with Gasteiger partial charge in [-0.2, -0.15) is 0 Å². The van der Waals surface area contributed by atoms with Crippen LogP contribution in [0, 0.1) is 0 Å². The number of halogens is 1. The molecule has 0 aliphatic heterocycles. The second kappa shape index (κ2) is 4.58. The van der Waals surface area contributed by atoms with Gasteiger partial charge < -0.3 is 5.11 Å². The van der Waals surface area contributed by atoms with Gasteiger partial charge in [-0.05, 0) is 23.8 Å². The summed E-state index contributed by atoms with van der Waals surface area (Å²) in [7, 11) is 0. The fraction of sp³-hybridized carbons (Fsp3) is 0. The van der Waals surface area contributed by atoms with E-state index in [2.05, 4.69) is 0 Å². The van der Waals surface area contributed by atoms with Gasteiger partial charge in [-0.3, -0.25) is 4.79 Å². The predicted octanol–water partition coefficient (Wildman–Crippen LogP) is 2.01. The molecule has 0 aliphatic rings. The zero-order chi connectivity index (χ0) is 10.6. The molecule has 0 saturated carbocycles. The Bertz CT molecular complexity index is 396. The average Bonchev–Trinajstić information content (AvgIpc) is 2.13. The summed E-state index contributed by atoms with van der Waals surface area (Å²) < 4.78 is 0. The van der Waals surface area contributed by atoms with Gasteiger partial charge in [0, 0.05) is 5.02 Å². The fourth-order valence-electron chi connectivity index (χ4n) is 1.02. The lowest BCUT2D eigenvalue weighted by molar-refractivity contribution is -0.130. The molecule has 0 bridgehead atoms. The normalized spacial score (nSPS) is 11.1. The Hall–Kier alpha value is -1.61. The van der Waals surface area contributed by atoms with E-state index >= 15 is 0 Å². The molecule has 0 fully saturated rings. The lowest BCUT2D eigenvalue weighted by Crippen LogP contribution is -1.99. The molecule has 4 heteroatoms. The Morgan fingerprint density at radius 2 is 2.14 bits per heavy atom. The monoisotopic (exact) mass is 210 g/mol. The maximum Gasteiger partial charge on any atom is 0.336 e. The topological polar surface area (TPSA) is 54.4 Å². The van der Waals surface area contributed by atoms with E-state index in [1.165, 1.54) is 6.07 Å². The zero-order valence-electron chi connectivity index (χ0n) is 7.11. The maximum atomic E-state index is 10.7. The van der Waals surface area contributed by atoms with Crippen molar-refractivity contribution in [2.45, 2.75) is 0 Å². The van der Waals surface area contributed by atoms with Crippen molar-refractivity contribution in [2.24, 2.45) is 0 Å². The van der Waals surface area contributed by atoms with E-state index < -0.39 is 5.97 Å². The quantitative estimate of drug-likeness (QED) is 0.613. The molecule has 14 heavy (non-hydrogen) atoms. The second-order valence-electron chi connectivity index (χ2n) is 2.53. The van der Waals surface area contributed by atoms with Crippen LogP contribution in [-0.4, -0.2) is 17.4 Å². The Morgan fingerprint density at radius 3 is 2.64 bits per heavy atom. The zero-order valence-corrected chi connectivity index (χ0v) is 7.86. The molecule has 0 unspecified atom stereocenters. The van der Waals surface area contributed by atoms with Crippen LogP contribution >= 0.6 is 11.6 Å². The third kappa shape index (κ3) is 2.44. The first kappa shape index (κ1) is 10.5. The molecule has 0 amide bonds. The number of aliphatic carboxylic acids is 1. The highest BCUT2D eigenvalue weighted by Crippen LogP contribution is 2.18. The third-order valence-corrected chi connectivity index (χ3v) is 1.84. The molecule has 0 heterocycles. The van der Waals surface area contributed by atoms with Crippen LogP contribution in [0.1, 0.15) is 5.56 Å². The minimum absolute atomic E-state index is 0.0671. The van der Waals surface area contributed by atoms with Crippen LogP contribution in [0.4, 0.5) is 0 Å². The summed E-state index contributed by atoms with van der Waals surface area (Å²) in [4.78, 5) is 20.9. The molecule has 0 spiro atoms. The van der Waals surface area contributed by atoms with Gasteiger partial charge in [0.2, 0.25) is 0 Å². The highest BCUT2D eigenvalue weighted by molar-refractivity contribution is 6.31. The predicted molar refractivity (Wildman–Crippen MR) is 53.1 cm³/mol. The van der Waals surface area contributed by atoms with Crippen molar-refractivity contribution in [2.75, 3.05) is 0 Å². The molecule has 0 atom stereocenters. The van der Waals surface area contributed by atoms with Crippen molar-refractivity contribution in [1.29, 1.82) is 0 Å². The number of allylic oxidation sites excluding steroid dienone is 1. The standard InChI is InChI=1S/C10H7ClO3/c11-8-3-1-2-7(6-8)9(4-5-12)10(13)14/h1-6H,(H,13,14). The molecule has 1 N–H and O–H groups in total. The molecule has 72 valence electrons. The van der Waals surface area contributed by atoms with E-state index in [1.54, 1.807) is 18.2 Å². The molecule has 1 rings (SSSR count). The van der Waals surface area contributed by atoms with Crippen LogP contribution < -0.4 is 0 Å². The average molecular weight is 211 g/mol. The SMILES string of the molecule is O=CC=C(C(=O)O)c1cccc(Cl)c1. The minimum atomic E-state index is -1.15. The molecule has 0 aliphatic carbocycles. The molecule has 1 aromatic carbocycles. The first-order chi connectivity index (χ1) is 6.65. The molecule has 1 aromatic rings. The number of carbonyl (C=O) groups is 2. The number of benzene rings is 1. The van der Waals surface area contributed by atoms with Crippen molar-refractivity contribution in [3.8, 4) is 0 Å². The van der Waals surface area contributed by atoms with Crippen LogP contribution in [0.3, 0.4) is 0 Å². The smallest absolute Gasteiger partial charge is 0.336 e. The van der Waals surface area contributed by atoms with Crippen molar-refractivity contribution < 1.29 is 14.7 Å². The summed E-state index contributed by atoms with van der Waals surface area (Å²) in [6.07, 6.45) is 1.43. The van der Waals surface area contributed by atoms with Crippen molar-refractivity contribution in [3.05, 3.63) is 40.9 Å². The molecule has 3 nitrogen and oxygen atoms in total.